The standard InChI is InChI=1S/C34H30N2O5/c1-40-27-17-18-28-23(20-32(38)41-30(28)21-27)19-29(33(35)39)36-31(37)22-34(24-11-5-2-6-12-24,25-13-7-3-8-14-25)26-15-9-4-10-16-26/h2-18,20-21,29H,19,22H2,1H3,(H2,35,39)(H,36,37)/t29-/m1/s1. The molecule has 0 saturated carbocycles. The number of hydrogen-bond donors (Lipinski definition) is 2. The van der Waals surface area contributed by atoms with Gasteiger partial charge < -0.3 is 20.2 Å². The Balaban J connectivity index is 1.52. The molecule has 4 aromatic carbocycles. The van der Waals surface area contributed by atoms with Crippen LogP contribution in [0.4, 0.5) is 0 Å². The molecule has 1 atom stereocenters. The number of amides is 2. The maximum Gasteiger partial charge on any atom is 0.336 e. The van der Waals surface area contributed by atoms with Crippen LogP contribution < -0.4 is 21.4 Å². The van der Waals surface area contributed by atoms with E-state index in [1.165, 1.54) is 13.2 Å². The number of ether oxygens (including phenoxy) is 1. The lowest BCUT2D eigenvalue weighted by Crippen LogP contribution is -2.48. The van der Waals surface area contributed by atoms with Crippen molar-refractivity contribution in [1.29, 1.82) is 0 Å². The van der Waals surface area contributed by atoms with E-state index in [1.54, 1.807) is 18.2 Å². The van der Waals surface area contributed by atoms with E-state index in [1.807, 2.05) is 91.0 Å². The Labute approximate surface area is 237 Å². The maximum atomic E-state index is 13.9. The molecule has 5 aromatic rings. The molecule has 1 aromatic heterocycles. The second kappa shape index (κ2) is 11.9. The van der Waals surface area contributed by atoms with Crippen LogP contribution >= 0.6 is 0 Å². The topological polar surface area (TPSA) is 112 Å². The van der Waals surface area contributed by atoms with Gasteiger partial charge in [-0.3, -0.25) is 9.59 Å². The fourth-order valence-corrected chi connectivity index (χ4v) is 5.41. The summed E-state index contributed by atoms with van der Waals surface area (Å²) in [5.41, 5.74) is 8.02. The number of nitrogens with one attached hydrogen (secondary N) is 1. The smallest absolute Gasteiger partial charge is 0.336 e. The number of rotatable bonds is 10. The van der Waals surface area contributed by atoms with Crippen LogP contribution in [0, 0.1) is 0 Å². The molecular formula is C34H30N2O5. The summed E-state index contributed by atoms with van der Waals surface area (Å²) < 4.78 is 10.6. The molecule has 0 saturated heterocycles. The van der Waals surface area contributed by atoms with Gasteiger partial charge in [-0.1, -0.05) is 91.0 Å². The van der Waals surface area contributed by atoms with Crippen molar-refractivity contribution in [1.82, 2.24) is 5.32 Å². The molecule has 0 spiro atoms. The first kappa shape index (κ1) is 27.4. The lowest BCUT2D eigenvalue weighted by Gasteiger charge is -2.36. The van der Waals surface area contributed by atoms with E-state index in [9.17, 15) is 14.4 Å². The third-order valence-electron chi connectivity index (χ3n) is 7.37. The molecule has 0 aliphatic carbocycles. The van der Waals surface area contributed by atoms with Crippen LogP contribution in [0.3, 0.4) is 0 Å². The van der Waals surface area contributed by atoms with Gasteiger partial charge in [-0.05, 0) is 34.4 Å². The Kier molecular flexibility index (Phi) is 7.97. The first-order valence-corrected chi connectivity index (χ1v) is 13.3. The van der Waals surface area contributed by atoms with Crippen molar-refractivity contribution in [3.05, 3.63) is 148 Å². The van der Waals surface area contributed by atoms with Gasteiger partial charge in [0.25, 0.3) is 0 Å². The molecule has 0 radical (unpaired) electrons. The van der Waals surface area contributed by atoms with Crippen molar-refractivity contribution in [2.24, 2.45) is 5.73 Å². The number of carbonyl (C=O) groups is 2. The Hall–Kier alpha value is -5.17. The van der Waals surface area contributed by atoms with Crippen molar-refractivity contribution >= 4 is 22.8 Å². The summed E-state index contributed by atoms with van der Waals surface area (Å²) in [7, 11) is 1.52. The van der Waals surface area contributed by atoms with E-state index >= 15 is 0 Å². The molecule has 206 valence electrons. The molecule has 2 amide bonds. The number of carbonyl (C=O) groups excluding carboxylic acids is 2. The molecule has 0 bridgehead atoms. The quantitative estimate of drug-likeness (QED) is 0.194. The number of primary amides is 1. The highest BCUT2D eigenvalue weighted by atomic mass is 16.5. The summed E-state index contributed by atoms with van der Waals surface area (Å²) in [6, 6.07) is 34.8. The number of hydrogen-bond acceptors (Lipinski definition) is 5. The largest absolute Gasteiger partial charge is 0.497 e. The highest BCUT2D eigenvalue weighted by Crippen LogP contribution is 2.42. The number of fused-ring (bicyclic) bond motifs is 1. The Morgan fingerprint density at radius 3 is 1.85 bits per heavy atom. The van der Waals surface area contributed by atoms with E-state index < -0.39 is 23.0 Å². The van der Waals surface area contributed by atoms with Gasteiger partial charge >= 0.3 is 5.63 Å². The van der Waals surface area contributed by atoms with Gasteiger partial charge in [0.05, 0.1) is 12.5 Å². The first-order valence-electron chi connectivity index (χ1n) is 13.3. The highest BCUT2D eigenvalue weighted by Gasteiger charge is 2.39. The zero-order chi connectivity index (χ0) is 28.8. The lowest BCUT2D eigenvalue weighted by molar-refractivity contribution is -0.127. The van der Waals surface area contributed by atoms with Crippen molar-refractivity contribution in [3.8, 4) is 5.75 Å². The van der Waals surface area contributed by atoms with Crippen LogP contribution in [-0.2, 0) is 21.4 Å². The van der Waals surface area contributed by atoms with Crippen LogP contribution in [0.25, 0.3) is 11.0 Å². The van der Waals surface area contributed by atoms with Crippen LogP contribution in [0.1, 0.15) is 28.7 Å². The van der Waals surface area contributed by atoms with Gasteiger partial charge in [0.1, 0.15) is 17.4 Å². The molecule has 1 heterocycles. The minimum atomic E-state index is -1.06. The predicted molar refractivity (Wildman–Crippen MR) is 158 cm³/mol. The van der Waals surface area contributed by atoms with Crippen molar-refractivity contribution < 1.29 is 18.7 Å². The maximum absolute atomic E-state index is 13.9. The number of nitrogens with two attached hydrogens (primary N) is 1. The third kappa shape index (κ3) is 5.75. The van der Waals surface area contributed by atoms with E-state index in [-0.39, 0.29) is 18.7 Å². The van der Waals surface area contributed by atoms with E-state index in [2.05, 4.69) is 5.32 Å². The normalized spacial score (nSPS) is 12.0. The van der Waals surface area contributed by atoms with Gasteiger partial charge in [0, 0.05) is 30.4 Å². The van der Waals surface area contributed by atoms with Gasteiger partial charge in [-0.15, -0.1) is 0 Å². The third-order valence-corrected chi connectivity index (χ3v) is 7.37. The minimum Gasteiger partial charge on any atom is -0.497 e. The molecule has 0 aliphatic heterocycles. The summed E-state index contributed by atoms with van der Waals surface area (Å²) in [5, 5.41) is 3.49. The van der Waals surface area contributed by atoms with Crippen molar-refractivity contribution in [2.75, 3.05) is 7.11 Å². The van der Waals surface area contributed by atoms with Crippen molar-refractivity contribution in [3.63, 3.8) is 0 Å². The minimum absolute atomic E-state index is 0.0176. The molecular weight excluding hydrogens is 516 g/mol. The fraction of sp³-hybridized carbons (Fsp3) is 0.147. The zero-order valence-corrected chi connectivity index (χ0v) is 22.6. The fourth-order valence-electron chi connectivity index (χ4n) is 5.41. The van der Waals surface area contributed by atoms with E-state index in [0.29, 0.717) is 22.3 Å². The predicted octanol–water partition coefficient (Wildman–Crippen LogP) is 4.74. The molecule has 0 fully saturated rings. The van der Waals surface area contributed by atoms with Crippen LogP contribution in [0.15, 0.2) is 124 Å². The summed E-state index contributed by atoms with van der Waals surface area (Å²) in [4.78, 5) is 38.8. The molecule has 0 aliphatic rings. The second-order valence-electron chi connectivity index (χ2n) is 9.86. The van der Waals surface area contributed by atoms with Gasteiger partial charge in [-0.2, -0.15) is 0 Å². The molecule has 3 N–H and O–H groups in total. The summed E-state index contributed by atoms with van der Waals surface area (Å²) in [6.07, 6.45) is 0.0359. The van der Waals surface area contributed by atoms with E-state index in [0.717, 1.165) is 16.7 Å². The van der Waals surface area contributed by atoms with Crippen molar-refractivity contribution in [2.45, 2.75) is 24.3 Å². The van der Waals surface area contributed by atoms with Crippen LogP contribution in [0.5, 0.6) is 5.75 Å². The van der Waals surface area contributed by atoms with Gasteiger partial charge in [0.2, 0.25) is 11.8 Å². The zero-order valence-electron chi connectivity index (χ0n) is 22.6. The summed E-state index contributed by atoms with van der Waals surface area (Å²) >= 11 is 0. The van der Waals surface area contributed by atoms with Crippen LogP contribution in [-0.4, -0.2) is 25.0 Å². The average Bonchev–Trinajstić information content (AvgIpc) is 3.00. The average molecular weight is 547 g/mol. The van der Waals surface area contributed by atoms with Gasteiger partial charge in [-0.25, -0.2) is 4.79 Å². The molecule has 7 nitrogen and oxygen atoms in total. The first-order chi connectivity index (χ1) is 19.9. The molecule has 0 unspecified atom stereocenters. The highest BCUT2D eigenvalue weighted by molar-refractivity contribution is 5.89. The van der Waals surface area contributed by atoms with Crippen LogP contribution in [0.2, 0.25) is 0 Å². The SMILES string of the molecule is COc1ccc2c(C[C@@H](NC(=O)CC(c3ccccc3)(c3ccccc3)c3ccccc3)C(N)=O)cc(=O)oc2c1. The Morgan fingerprint density at radius 2 is 1.37 bits per heavy atom. The molecule has 7 heteroatoms. The monoisotopic (exact) mass is 546 g/mol. The summed E-state index contributed by atoms with van der Waals surface area (Å²) in [6.45, 7) is 0. The second-order valence-corrected chi connectivity index (χ2v) is 9.86. The molecule has 41 heavy (non-hydrogen) atoms. The van der Waals surface area contributed by atoms with E-state index in [4.69, 9.17) is 14.9 Å². The molecule has 5 rings (SSSR count). The Morgan fingerprint density at radius 1 is 0.829 bits per heavy atom. The number of methoxy groups -OCH3 is 1. The Bertz CT molecular complexity index is 1620. The summed E-state index contributed by atoms with van der Waals surface area (Å²) in [5.74, 6) is -0.547. The van der Waals surface area contributed by atoms with Gasteiger partial charge in [0.15, 0.2) is 0 Å². The number of benzene rings is 4. The lowest BCUT2D eigenvalue weighted by atomic mass is 9.67.